The molecular weight excluding hydrogens is 293 g/mol. The highest BCUT2D eigenvalue weighted by molar-refractivity contribution is 5.81. The van der Waals surface area contributed by atoms with Crippen LogP contribution in [-0.2, 0) is 13.6 Å². The minimum Gasteiger partial charge on any atom is -0.319 e. The molecule has 2 aromatic heterocycles. The molecule has 1 aliphatic rings. The van der Waals surface area contributed by atoms with Crippen LogP contribution in [0.25, 0.3) is 10.9 Å². The fourth-order valence-corrected chi connectivity index (χ4v) is 3.47. The first-order chi connectivity index (χ1) is 11.2. The summed E-state index contributed by atoms with van der Waals surface area (Å²) < 4.78 is 15.9. The van der Waals surface area contributed by atoms with Crippen LogP contribution in [0.15, 0.2) is 36.8 Å². The second-order valence-corrected chi connectivity index (χ2v) is 6.07. The Labute approximate surface area is 133 Å². The number of nitrogens with zero attached hydrogens (tertiary/aromatic N) is 5. The summed E-state index contributed by atoms with van der Waals surface area (Å²) in [6.07, 6.45) is 5.64. The van der Waals surface area contributed by atoms with E-state index in [-0.39, 0.29) is 11.9 Å². The topological polar surface area (TPSA) is 46.8 Å². The maximum absolute atomic E-state index is 13.9. The van der Waals surface area contributed by atoms with E-state index in [0.29, 0.717) is 6.54 Å². The van der Waals surface area contributed by atoms with E-state index in [0.717, 1.165) is 41.7 Å². The van der Waals surface area contributed by atoms with Gasteiger partial charge in [-0.05, 0) is 43.1 Å². The minimum absolute atomic E-state index is 0.213. The molecule has 1 saturated heterocycles. The van der Waals surface area contributed by atoms with E-state index >= 15 is 0 Å². The highest BCUT2D eigenvalue weighted by Gasteiger charge is 2.29. The highest BCUT2D eigenvalue weighted by atomic mass is 19.1. The molecule has 0 amide bonds. The number of hydrogen-bond acceptors (Lipinski definition) is 4. The normalized spacial score (nSPS) is 18.8. The molecule has 0 bridgehead atoms. The van der Waals surface area contributed by atoms with E-state index < -0.39 is 0 Å². The third-order valence-electron chi connectivity index (χ3n) is 4.53. The van der Waals surface area contributed by atoms with Crippen molar-refractivity contribution in [2.75, 3.05) is 6.54 Å². The van der Waals surface area contributed by atoms with Crippen LogP contribution in [0.2, 0.25) is 0 Å². The van der Waals surface area contributed by atoms with E-state index in [1.807, 2.05) is 23.7 Å². The molecule has 0 saturated carbocycles. The Morgan fingerprint density at radius 3 is 3.09 bits per heavy atom. The zero-order chi connectivity index (χ0) is 15.8. The average molecular weight is 311 g/mol. The van der Waals surface area contributed by atoms with Gasteiger partial charge in [0.1, 0.15) is 18.0 Å². The Bertz CT molecular complexity index is 844. The fourth-order valence-electron chi connectivity index (χ4n) is 3.47. The number of aromatic nitrogens is 4. The van der Waals surface area contributed by atoms with Crippen molar-refractivity contribution in [1.82, 2.24) is 24.6 Å². The summed E-state index contributed by atoms with van der Waals surface area (Å²) in [7, 11) is 1.96. The average Bonchev–Trinajstić information content (AvgIpc) is 3.15. The molecule has 0 aliphatic carbocycles. The Hall–Kier alpha value is -2.34. The summed E-state index contributed by atoms with van der Waals surface area (Å²) >= 11 is 0. The number of aryl methyl sites for hydroxylation is 1. The van der Waals surface area contributed by atoms with Gasteiger partial charge in [0.15, 0.2) is 0 Å². The summed E-state index contributed by atoms with van der Waals surface area (Å²) in [4.78, 5) is 6.78. The first-order valence-corrected chi connectivity index (χ1v) is 7.83. The van der Waals surface area contributed by atoms with Crippen LogP contribution < -0.4 is 0 Å². The van der Waals surface area contributed by atoms with Gasteiger partial charge < -0.3 is 4.57 Å². The van der Waals surface area contributed by atoms with Crippen molar-refractivity contribution in [1.29, 1.82) is 0 Å². The van der Waals surface area contributed by atoms with Gasteiger partial charge in [-0.1, -0.05) is 6.07 Å². The third kappa shape index (κ3) is 2.59. The number of benzene rings is 1. The number of fused-ring (bicyclic) bond motifs is 1. The SMILES string of the molecule is Cn1cnnc1C1CCCN1Cc1cc(F)cc2cccnc12. The van der Waals surface area contributed by atoms with E-state index in [1.165, 1.54) is 6.07 Å². The fraction of sp³-hybridized carbons (Fsp3) is 0.353. The smallest absolute Gasteiger partial charge is 0.149 e. The third-order valence-corrected chi connectivity index (χ3v) is 4.53. The standard InChI is InChI=1S/C17H18FN5/c1-22-11-20-21-17(22)15-5-3-7-23(15)10-13-9-14(18)8-12-4-2-6-19-16(12)13/h2,4,6,8-9,11,15H,3,5,7,10H2,1H3. The van der Waals surface area contributed by atoms with Crippen LogP contribution in [0.5, 0.6) is 0 Å². The van der Waals surface area contributed by atoms with Gasteiger partial charge in [-0.15, -0.1) is 10.2 Å². The summed E-state index contributed by atoms with van der Waals surface area (Å²) in [5.41, 5.74) is 1.80. The van der Waals surface area contributed by atoms with Crippen LogP contribution in [0.1, 0.15) is 30.3 Å². The molecule has 1 fully saturated rings. The van der Waals surface area contributed by atoms with E-state index in [9.17, 15) is 4.39 Å². The second-order valence-electron chi connectivity index (χ2n) is 6.07. The molecule has 1 aromatic carbocycles. The lowest BCUT2D eigenvalue weighted by atomic mass is 10.1. The van der Waals surface area contributed by atoms with Crippen LogP contribution >= 0.6 is 0 Å². The van der Waals surface area contributed by atoms with Crippen molar-refractivity contribution in [2.24, 2.45) is 7.05 Å². The van der Waals surface area contributed by atoms with Crippen molar-refractivity contribution in [3.8, 4) is 0 Å². The van der Waals surface area contributed by atoms with Gasteiger partial charge in [0.2, 0.25) is 0 Å². The van der Waals surface area contributed by atoms with Crippen LogP contribution in [0.4, 0.5) is 4.39 Å². The van der Waals surface area contributed by atoms with E-state index in [4.69, 9.17) is 0 Å². The molecule has 5 nitrogen and oxygen atoms in total. The molecule has 1 unspecified atom stereocenters. The lowest BCUT2D eigenvalue weighted by Gasteiger charge is -2.24. The molecule has 118 valence electrons. The second kappa shape index (κ2) is 5.70. The monoisotopic (exact) mass is 311 g/mol. The van der Waals surface area contributed by atoms with Crippen molar-refractivity contribution in [3.63, 3.8) is 0 Å². The van der Waals surface area contributed by atoms with E-state index in [1.54, 1.807) is 18.6 Å². The van der Waals surface area contributed by atoms with Crippen LogP contribution in [-0.4, -0.2) is 31.2 Å². The Morgan fingerprint density at radius 2 is 2.26 bits per heavy atom. The lowest BCUT2D eigenvalue weighted by molar-refractivity contribution is 0.236. The molecule has 3 heterocycles. The predicted molar refractivity (Wildman–Crippen MR) is 85.1 cm³/mol. The molecule has 0 radical (unpaired) electrons. The Morgan fingerprint density at radius 1 is 1.35 bits per heavy atom. The molecule has 0 N–H and O–H groups in total. The molecule has 1 aliphatic heterocycles. The van der Waals surface area contributed by atoms with E-state index in [2.05, 4.69) is 20.1 Å². The van der Waals surface area contributed by atoms with Gasteiger partial charge >= 0.3 is 0 Å². The predicted octanol–water partition coefficient (Wildman–Crippen LogP) is 2.84. The Balaban J connectivity index is 1.69. The maximum Gasteiger partial charge on any atom is 0.149 e. The Kier molecular flexibility index (Phi) is 3.53. The van der Waals surface area contributed by atoms with Crippen molar-refractivity contribution < 1.29 is 4.39 Å². The molecule has 23 heavy (non-hydrogen) atoms. The van der Waals surface area contributed by atoms with Gasteiger partial charge in [0, 0.05) is 25.2 Å². The quantitative estimate of drug-likeness (QED) is 0.746. The summed E-state index contributed by atoms with van der Waals surface area (Å²) in [6, 6.07) is 7.10. The molecule has 4 rings (SSSR count). The zero-order valence-electron chi connectivity index (χ0n) is 13.0. The summed E-state index contributed by atoms with van der Waals surface area (Å²) in [5.74, 6) is 0.756. The van der Waals surface area contributed by atoms with Crippen LogP contribution in [0, 0.1) is 5.82 Å². The molecule has 1 atom stereocenters. The number of halogens is 1. The maximum atomic E-state index is 13.9. The van der Waals surface area contributed by atoms with Crippen molar-refractivity contribution >= 4 is 10.9 Å². The summed E-state index contributed by atoms with van der Waals surface area (Å²) in [6.45, 7) is 1.64. The lowest BCUT2D eigenvalue weighted by Crippen LogP contribution is -2.25. The molecule has 3 aromatic rings. The zero-order valence-corrected chi connectivity index (χ0v) is 13.0. The number of hydrogen-bond donors (Lipinski definition) is 0. The first kappa shape index (κ1) is 14.3. The highest BCUT2D eigenvalue weighted by Crippen LogP contribution is 2.32. The number of likely N-dealkylation sites (tertiary alicyclic amines) is 1. The minimum atomic E-state index is -0.213. The first-order valence-electron chi connectivity index (χ1n) is 7.83. The molecule has 0 spiro atoms. The van der Waals surface area contributed by atoms with Gasteiger partial charge in [0.25, 0.3) is 0 Å². The number of pyridine rings is 1. The molecule has 6 heteroatoms. The van der Waals surface area contributed by atoms with Crippen LogP contribution in [0.3, 0.4) is 0 Å². The largest absolute Gasteiger partial charge is 0.319 e. The number of rotatable bonds is 3. The van der Waals surface area contributed by atoms with Crippen molar-refractivity contribution in [3.05, 3.63) is 54.0 Å². The summed E-state index contributed by atoms with van der Waals surface area (Å²) in [5, 5.41) is 9.08. The molecular formula is C17H18FN5. The van der Waals surface area contributed by atoms with Crippen molar-refractivity contribution in [2.45, 2.75) is 25.4 Å². The van der Waals surface area contributed by atoms with Gasteiger partial charge in [-0.2, -0.15) is 0 Å². The van der Waals surface area contributed by atoms with Gasteiger partial charge in [-0.25, -0.2) is 4.39 Å². The van der Waals surface area contributed by atoms with Gasteiger partial charge in [0.05, 0.1) is 11.6 Å². The van der Waals surface area contributed by atoms with Gasteiger partial charge in [-0.3, -0.25) is 9.88 Å².